The molecule has 2 aromatic rings. The van der Waals surface area contributed by atoms with Gasteiger partial charge >= 0.3 is 5.88 Å². The molecule has 0 N–H and O–H groups in total. The molecule has 0 bridgehead atoms. The zero-order valence-electron chi connectivity index (χ0n) is 14.9. The Balaban J connectivity index is 1.42. The molecule has 0 unspecified atom stereocenters. The molecule has 0 saturated carbocycles. The minimum Gasteiger partial charge on any atom is -0.861 e. The summed E-state index contributed by atoms with van der Waals surface area (Å²) in [5.41, 5.74) is 2.71. The molecule has 2 aromatic heterocycles. The maximum absolute atomic E-state index is 12.2. The van der Waals surface area contributed by atoms with Crippen LogP contribution in [0.1, 0.15) is 42.5 Å². The SMILES string of the molecule is N#Cc1cc2c(nc1SC/C([O-])=N/c1c[n+](N3CCCCC3)no1)CCC2. The Morgan fingerprint density at radius 2 is 2.19 bits per heavy atom. The summed E-state index contributed by atoms with van der Waals surface area (Å²) in [4.78, 5) is 10.2. The van der Waals surface area contributed by atoms with Crippen LogP contribution in [0.5, 0.6) is 0 Å². The van der Waals surface area contributed by atoms with Crippen LogP contribution in [-0.2, 0) is 12.8 Å². The second-order valence-electron chi connectivity index (χ2n) is 6.68. The largest absolute Gasteiger partial charge is 0.861 e. The van der Waals surface area contributed by atoms with E-state index in [9.17, 15) is 10.4 Å². The summed E-state index contributed by atoms with van der Waals surface area (Å²) in [5, 5.41) is 28.1. The first-order valence-electron chi connectivity index (χ1n) is 9.17. The van der Waals surface area contributed by atoms with Crippen molar-refractivity contribution in [3.05, 3.63) is 29.1 Å². The van der Waals surface area contributed by atoms with Gasteiger partial charge < -0.3 is 5.11 Å². The Morgan fingerprint density at radius 1 is 1.33 bits per heavy atom. The van der Waals surface area contributed by atoms with Gasteiger partial charge in [-0.25, -0.2) is 9.98 Å². The fraction of sp³-hybridized carbons (Fsp3) is 0.500. The maximum Gasteiger partial charge on any atom is 0.324 e. The molecule has 3 heterocycles. The van der Waals surface area contributed by atoms with E-state index in [0.717, 1.165) is 56.5 Å². The lowest BCUT2D eigenvalue weighted by Gasteiger charge is -2.17. The van der Waals surface area contributed by atoms with E-state index < -0.39 is 0 Å². The number of nitriles is 1. The van der Waals surface area contributed by atoms with Crippen molar-refractivity contribution >= 4 is 23.5 Å². The van der Waals surface area contributed by atoms with Gasteiger partial charge in [0.15, 0.2) is 0 Å². The highest BCUT2D eigenvalue weighted by Gasteiger charge is 2.22. The van der Waals surface area contributed by atoms with Crippen LogP contribution in [0.25, 0.3) is 0 Å². The zero-order chi connectivity index (χ0) is 18.6. The molecule has 1 saturated heterocycles. The zero-order valence-corrected chi connectivity index (χ0v) is 15.7. The van der Waals surface area contributed by atoms with Crippen molar-refractivity contribution in [3.8, 4) is 6.07 Å². The van der Waals surface area contributed by atoms with Crippen molar-refractivity contribution in [1.29, 1.82) is 5.26 Å². The van der Waals surface area contributed by atoms with Gasteiger partial charge in [-0.05, 0) is 56.1 Å². The Morgan fingerprint density at radius 3 is 3.00 bits per heavy atom. The Hall–Kier alpha value is -2.60. The van der Waals surface area contributed by atoms with Crippen molar-refractivity contribution in [2.75, 3.05) is 23.9 Å². The van der Waals surface area contributed by atoms with Gasteiger partial charge in [0, 0.05) is 11.4 Å². The lowest BCUT2D eigenvalue weighted by Crippen LogP contribution is -2.60. The fourth-order valence-corrected chi connectivity index (χ4v) is 4.18. The summed E-state index contributed by atoms with van der Waals surface area (Å²) < 4.78 is 5.15. The predicted octanol–water partition coefficient (Wildman–Crippen LogP) is 1.02. The number of pyridine rings is 1. The average Bonchev–Trinajstić information content (AvgIpc) is 3.35. The Labute approximate surface area is 161 Å². The summed E-state index contributed by atoms with van der Waals surface area (Å²) in [5.74, 6) is -0.0491. The highest BCUT2D eigenvalue weighted by molar-refractivity contribution is 7.99. The standard InChI is InChI=1S/C18H20N6O2S/c19-10-14-9-13-5-4-6-15(13)20-18(14)27-12-16(25)21-17-11-24(22-26-17)23-7-2-1-3-8-23/h9,11H,1-8,12H2. The number of aromatic nitrogens is 3. The number of piperidine rings is 1. The molecule has 4 rings (SSSR count). The van der Waals surface area contributed by atoms with Crippen LogP contribution in [-0.4, -0.2) is 35.0 Å². The third-order valence-electron chi connectivity index (χ3n) is 4.77. The lowest BCUT2D eigenvalue weighted by molar-refractivity contribution is -0.759. The van der Waals surface area contributed by atoms with Gasteiger partial charge in [-0.1, -0.05) is 11.8 Å². The molecule has 140 valence electrons. The molecule has 2 aliphatic rings. The first-order chi connectivity index (χ1) is 13.2. The third kappa shape index (κ3) is 4.06. The summed E-state index contributed by atoms with van der Waals surface area (Å²) >= 11 is 1.24. The second-order valence-corrected chi connectivity index (χ2v) is 7.65. The van der Waals surface area contributed by atoms with E-state index >= 15 is 0 Å². The molecule has 0 atom stereocenters. The number of fused-ring (bicyclic) bond motifs is 1. The van der Waals surface area contributed by atoms with Crippen LogP contribution in [0.2, 0.25) is 0 Å². The van der Waals surface area contributed by atoms with Crippen molar-refractivity contribution in [3.63, 3.8) is 0 Å². The van der Waals surface area contributed by atoms with E-state index in [4.69, 9.17) is 4.52 Å². The number of nitrogens with zero attached hydrogens (tertiary/aromatic N) is 6. The molecule has 1 fully saturated rings. The number of rotatable bonds is 5. The smallest absolute Gasteiger partial charge is 0.324 e. The van der Waals surface area contributed by atoms with Gasteiger partial charge in [0.1, 0.15) is 11.1 Å². The average molecular weight is 384 g/mol. The normalized spacial score (nSPS) is 17.0. The second kappa shape index (κ2) is 7.96. The minimum absolute atomic E-state index is 0.102. The van der Waals surface area contributed by atoms with E-state index in [0.29, 0.717) is 10.6 Å². The first-order valence-corrected chi connectivity index (χ1v) is 10.2. The molecule has 1 aliphatic heterocycles. The topological polar surface area (TPSA) is 105 Å². The number of hydrogen-bond donors (Lipinski definition) is 0. The molecule has 9 heteroatoms. The van der Waals surface area contributed by atoms with E-state index in [1.807, 2.05) is 6.07 Å². The van der Waals surface area contributed by atoms with Crippen LogP contribution in [0.4, 0.5) is 5.88 Å². The summed E-state index contributed by atoms with van der Waals surface area (Å²) in [6, 6.07) is 4.08. The quantitative estimate of drug-likeness (QED) is 0.328. The van der Waals surface area contributed by atoms with Crippen molar-refractivity contribution < 1.29 is 14.4 Å². The number of aryl methyl sites for hydroxylation is 2. The summed E-state index contributed by atoms with van der Waals surface area (Å²) in [6.07, 6.45) is 8.07. The van der Waals surface area contributed by atoms with Gasteiger partial charge in [-0.2, -0.15) is 10.3 Å². The van der Waals surface area contributed by atoms with Gasteiger partial charge in [0.05, 0.1) is 23.4 Å². The molecule has 0 aromatic carbocycles. The van der Waals surface area contributed by atoms with Crippen molar-refractivity contribution in [1.82, 2.24) is 10.3 Å². The van der Waals surface area contributed by atoms with Gasteiger partial charge in [-0.3, -0.25) is 4.52 Å². The van der Waals surface area contributed by atoms with E-state index in [2.05, 4.69) is 26.3 Å². The first kappa shape index (κ1) is 17.8. The lowest BCUT2D eigenvalue weighted by atomic mass is 10.2. The van der Waals surface area contributed by atoms with Gasteiger partial charge in [0.2, 0.25) is 5.27 Å². The molecule has 1 aliphatic carbocycles. The van der Waals surface area contributed by atoms with Crippen molar-refractivity contribution in [2.45, 2.75) is 43.6 Å². The van der Waals surface area contributed by atoms with Crippen LogP contribution >= 0.6 is 11.8 Å². The van der Waals surface area contributed by atoms with E-state index in [1.54, 1.807) is 11.0 Å². The summed E-state index contributed by atoms with van der Waals surface area (Å²) in [7, 11) is 0. The molecule has 27 heavy (non-hydrogen) atoms. The van der Waals surface area contributed by atoms with Crippen LogP contribution < -0.4 is 14.9 Å². The van der Waals surface area contributed by atoms with E-state index in [-0.39, 0.29) is 17.5 Å². The highest BCUT2D eigenvalue weighted by Crippen LogP contribution is 2.27. The molecule has 0 radical (unpaired) electrons. The molecule has 8 nitrogen and oxygen atoms in total. The number of aliphatic imine (C=N–C) groups is 1. The predicted molar refractivity (Wildman–Crippen MR) is 97.3 cm³/mol. The van der Waals surface area contributed by atoms with Crippen LogP contribution in [0.15, 0.2) is 26.8 Å². The maximum atomic E-state index is 12.2. The fourth-order valence-electron chi connectivity index (χ4n) is 3.42. The minimum atomic E-state index is -0.340. The summed E-state index contributed by atoms with van der Waals surface area (Å²) in [6.45, 7) is 1.84. The highest BCUT2D eigenvalue weighted by atomic mass is 32.2. The molecular weight excluding hydrogens is 364 g/mol. The molecular formula is C18H20N6O2S. The monoisotopic (exact) mass is 384 g/mol. The Kier molecular flexibility index (Phi) is 5.25. The molecule has 0 amide bonds. The third-order valence-corrected chi connectivity index (χ3v) is 5.75. The number of thioether (sulfide) groups is 1. The van der Waals surface area contributed by atoms with Crippen molar-refractivity contribution in [2.24, 2.45) is 4.99 Å². The molecule has 0 spiro atoms. The van der Waals surface area contributed by atoms with Gasteiger partial charge in [0.25, 0.3) is 6.20 Å². The number of hydrogen-bond acceptors (Lipinski definition) is 8. The van der Waals surface area contributed by atoms with Crippen LogP contribution in [0.3, 0.4) is 0 Å². The van der Waals surface area contributed by atoms with Gasteiger partial charge in [-0.15, -0.1) is 0 Å². The Bertz CT molecular complexity index is 898. The van der Waals surface area contributed by atoms with Crippen LogP contribution in [0, 0.1) is 11.3 Å². The van der Waals surface area contributed by atoms with E-state index in [1.165, 1.54) is 18.2 Å².